The standard InChI is InChI=1S/C19H25N5O3S/c1-3-4-5-6-7-8-18(25)22-21-14-15-9-10-17(16(13-15)24(26)27)28-19-20-11-12-23(19)2/h9-14H,3-8H2,1-2H3,(H,22,25). The van der Waals surface area contributed by atoms with Crippen molar-refractivity contribution in [1.82, 2.24) is 15.0 Å². The van der Waals surface area contributed by atoms with Crippen molar-refractivity contribution in [2.24, 2.45) is 12.1 Å². The van der Waals surface area contributed by atoms with Crippen molar-refractivity contribution in [3.8, 4) is 0 Å². The summed E-state index contributed by atoms with van der Waals surface area (Å²) in [5.74, 6) is -0.149. The van der Waals surface area contributed by atoms with Crippen LogP contribution in [0.5, 0.6) is 0 Å². The lowest BCUT2D eigenvalue weighted by Crippen LogP contribution is -2.16. The third kappa shape index (κ3) is 6.80. The first kappa shape index (κ1) is 21.6. The van der Waals surface area contributed by atoms with Gasteiger partial charge in [0.1, 0.15) is 0 Å². The van der Waals surface area contributed by atoms with Crippen LogP contribution in [-0.4, -0.2) is 26.6 Å². The van der Waals surface area contributed by atoms with Crippen LogP contribution in [0.25, 0.3) is 0 Å². The number of nitro groups is 1. The summed E-state index contributed by atoms with van der Waals surface area (Å²) in [6, 6.07) is 4.82. The Labute approximate surface area is 168 Å². The van der Waals surface area contributed by atoms with Gasteiger partial charge in [-0.2, -0.15) is 5.10 Å². The molecule has 1 aromatic heterocycles. The number of rotatable bonds is 11. The van der Waals surface area contributed by atoms with Gasteiger partial charge in [-0.3, -0.25) is 14.9 Å². The number of nitrogens with zero attached hydrogens (tertiary/aromatic N) is 4. The summed E-state index contributed by atoms with van der Waals surface area (Å²) >= 11 is 1.22. The normalized spacial score (nSPS) is 11.1. The minimum atomic E-state index is -0.433. The van der Waals surface area contributed by atoms with E-state index < -0.39 is 4.92 Å². The fourth-order valence-corrected chi connectivity index (χ4v) is 3.41. The molecule has 1 heterocycles. The number of aryl methyl sites for hydroxylation is 1. The van der Waals surface area contributed by atoms with E-state index in [1.807, 2.05) is 7.05 Å². The number of carbonyl (C=O) groups excluding carboxylic acids is 1. The van der Waals surface area contributed by atoms with E-state index in [1.165, 1.54) is 36.9 Å². The monoisotopic (exact) mass is 403 g/mol. The van der Waals surface area contributed by atoms with Crippen molar-refractivity contribution in [1.29, 1.82) is 0 Å². The van der Waals surface area contributed by atoms with Crippen LogP contribution in [0.3, 0.4) is 0 Å². The first-order chi connectivity index (χ1) is 13.5. The Morgan fingerprint density at radius 3 is 2.82 bits per heavy atom. The Bertz CT molecular complexity index is 835. The second-order valence-corrected chi connectivity index (χ2v) is 7.37. The molecule has 9 heteroatoms. The lowest BCUT2D eigenvalue weighted by molar-refractivity contribution is -0.387. The van der Waals surface area contributed by atoms with E-state index in [2.05, 4.69) is 22.4 Å². The van der Waals surface area contributed by atoms with Gasteiger partial charge in [-0.1, -0.05) is 38.7 Å². The first-order valence-corrected chi connectivity index (χ1v) is 10.1. The van der Waals surface area contributed by atoms with Crippen LogP contribution in [-0.2, 0) is 11.8 Å². The lowest BCUT2D eigenvalue weighted by atomic mass is 10.1. The SMILES string of the molecule is CCCCCCCC(=O)NN=Cc1ccc(Sc2nccn2C)c([N+](=O)[O-])c1. The van der Waals surface area contributed by atoms with Crippen molar-refractivity contribution in [2.75, 3.05) is 0 Å². The minimum absolute atomic E-state index is 0.0285. The highest BCUT2D eigenvalue weighted by molar-refractivity contribution is 7.99. The average molecular weight is 404 g/mol. The maximum atomic E-state index is 11.8. The van der Waals surface area contributed by atoms with E-state index in [9.17, 15) is 14.9 Å². The Morgan fingerprint density at radius 2 is 2.14 bits per heavy atom. The molecule has 28 heavy (non-hydrogen) atoms. The molecule has 0 radical (unpaired) electrons. The highest BCUT2D eigenvalue weighted by atomic mass is 32.2. The molecule has 1 amide bonds. The van der Waals surface area contributed by atoms with Crippen LogP contribution in [0, 0.1) is 10.1 Å². The number of hydrogen-bond acceptors (Lipinski definition) is 6. The number of aromatic nitrogens is 2. The van der Waals surface area contributed by atoms with Crippen molar-refractivity contribution in [2.45, 2.75) is 55.5 Å². The van der Waals surface area contributed by atoms with E-state index in [-0.39, 0.29) is 11.6 Å². The Balaban J connectivity index is 1.94. The zero-order valence-corrected chi connectivity index (χ0v) is 16.9. The highest BCUT2D eigenvalue weighted by Crippen LogP contribution is 2.34. The number of hydrazone groups is 1. The second kappa shape index (κ2) is 11.2. The number of imidazole rings is 1. The number of hydrogen-bond donors (Lipinski definition) is 1. The van der Waals surface area contributed by atoms with Gasteiger partial charge in [0.15, 0.2) is 5.16 Å². The molecule has 0 atom stereocenters. The van der Waals surface area contributed by atoms with Crippen LogP contribution < -0.4 is 5.43 Å². The predicted octanol–water partition coefficient (Wildman–Crippen LogP) is 4.29. The summed E-state index contributed by atoms with van der Waals surface area (Å²) < 4.78 is 1.79. The minimum Gasteiger partial charge on any atom is -0.329 e. The van der Waals surface area contributed by atoms with Crippen LogP contribution in [0.2, 0.25) is 0 Å². The third-order valence-corrected chi connectivity index (χ3v) is 5.21. The van der Waals surface area contributed by atoms with Gasteiger partial charge >= 0.3 is 0 Å². The molecule has 0 saturated carbocycles. The maximum absolute atomic E-state index is 11.8. The average Bonchev–Trinajstić information content (AvgIpc) is 3.07. The molecule has 0 bridgehead atoms. The van der Waals surface area contributed by atoms with Crippen LogP contribution in [0.15, 0.2) is 45.7 Å². The van der Waals surface area contributed by atoms with Crippen molar-refractivity contribution in [3.63, 3.8) is 0 Å². The largest absolute Gasteiger partial charge is 0.329 e. The number of unbranched alkanes of at least 4 members (excludes halogenated alkanes) is 4. The number of carbonyl (C=O) groups is 1. The molecular formula is C19H25N5O3S. The molecule has 0 spiro atoms. The summed E-state index contributed by atoms with van der Waals surface area (Å²) in [6.45, 7) is 2.15. The molecule has 2 rings (SSSR count). The third-order valence-electron chi connectivity index (χ3n) is 4.07. The molecule has 0 fully saturated rings. The summed E-state index contributed by atoms with van der Waals surface area (Å²) in [7, 11) is 1.83. The zero-order valence-electron chi connectivity index (χ0n) is 16.1. The fourth-order valence-electron chi connectivity index (χ4n) is 2.52. The first-order valence-electron chi connectivity index (χ1n) is 9.26. The van der Waals surface area contributed by atoms with Crippen molar-refractivity contribution >= 4 is 29.6 Å². The number of nitro benzene ring substituents is 1. The smallest absolute Gasteiger partial charge is 0.283 e. The van der Waals surface area contributed by atoms with Crippen LogP contribution >= 0.6 is 11.8 Å². The highest BCUT2D eigenvalue weighted by Gasteiger charge is 2.17. The maximum Gasteiger partial charge on any atom is 0.283 e. The van der Waals surface area contributed by atoms with Crippen LogP contribution in [0.4, 0.5) is 5.69 Å². The van der Waals surface area contributed by atoms with Crippen molar-refractivity contribution in [3.05, 3.63) is 46.3 Å². The van der Waals surface area contributed by atoms with E-state index >= 15 is 0 Å². The van der Waals surface area contributed by atoms with Gasteiger partial charge in [0.05, 0.1) is 16.0 Å². The van der Waals surface area contributed by atoms with Gasteiger partial charge < -0.3 is 4.57 Å². The van der Waals surface area contributed by atoms with Gasteiger partial charge in [-0.15, -0.1) is 0 Å². The molecular weight excluding hydrogens is 378 g/mol. The lowest BCUT2D eigenvalue weighted by Gasteiger charge is -2.04. The summed E-state index contributed by atoms with van der Waals surface area (Å²) in [5, 5.41) is 16.0. The number of nitrogens with one attached hydrogen (secondary N) is 1. The van der Waals surface area contributed by atoms with Gasteiger partial charge in [0.2, 0.25) is 5.91 Å². The molecule has 0 aliphatic heterocycles. The zero-order chi connectivity index (χ0) is 20.4. The topological polar surface area (TPSA) is 102 Å². The molecule has 1 N–H and O–H groups in total. The molecule has 150 valence electrons. The van der Waals surface area contributed by atoms with Crippen molar-refractivity contribution < 1.29 is 9.72 Å². The molecule has 8 nitrogen and oxygen atoms in total. The van der Waals surface area contributed by atoms with E-state index in [4.69, 9.17) is 0 Å². The molecule has 0 aliphatic rings. The van der Waals surface area contributed by atoms with Crippen LogP contribution in [0.1, 0.15) is 51.0 Å². The second-order valence-electron chi connectivity index (χ2n) is 6.36. The van der Waals surface area contributed by atoms with E-state index in [1.54, 1.807) is 29.1 Å². The number of benzene rings is 1. The molecule has 0 unspecified atom stereocenters. The molecule has 2 aromatic rings. The summed E-state index contributed by atoms with van der Waals surface area (Å²) in [6.07, 6.45) is 10.6. The summed E-state index contributed by atoms with van der Waals surface area (Å²) in [5.41, 5.74) is 2.98. The Morgan fingerprint density at radius 1 is 1.36 bits per heavy atom. The number of amides is 1. The molecule has 1 aromatic carbocycles. The predicted molar refractivity (Wildman–Crippen MR) is 110 cm³/mol. The summed E-state index contributed by atoms with van der Waals surface area (Å²) in [4.78, 5) is 27.4. The van der Waals surface area contributed by atoms with Gasteiger partial charge in [-0.05, 0) is 24.2 Å². The molecule has 0 saturated heterocycles. The quantitative estimate of drug-likeness (QED) is 0.261. The van der Waals surface area contributed by atoms with Gasteiger partial charge in [-0.25, -0.2) is 10.4 Å². The molecule has 0 aliphatic carbocycles. The van der Waals surface area contributed by atoms with Gasteiger partial charge in [0.25, 0.3) is 5.69 Å². The fraction of sp³-hybridized carbons (Fsp3) is 0.421. The van der Waals surface area contributed by atoms with E-state index in [0.29, 0.717) is 22.0 Å². The Hall–Kier alpha value is -2.68. The Kier molecular flexibility index (Phi) is 8.67. The van der Waals surface area contributed by atoms with E-state index in [0.717, 1.165) is 19.3 Å². The van der Waals surface area contributed by atoms with Gasteiger partial charge in [0, 0.05) is 37.5 Å².